The number of fused-ring (bicyclic) bond motifs is 2. The molecule has 3 rings (SSSR count). The van der Waals surface area contributed by atoms with Gasteiger partial charge in [0.1, 0.15) is 5.75 Å². The molecular formula is C23H31N3O2. The fourth-order valence-corrected chi connectivity index (χ4v) is 3.61. The molecule has 5 heteroatoms. The summed E-state index contributed by atoms with van der Waals surface area (Å²) in [5, 5.41) is 15.0. The number of aliphatic hydroxyl groups is 1. The van der Waals surface area contributed by atoms with E-state index in [-0.39, 0.29) is 6.61 Å². The highest BCUT2D eigenvalue weighted by atomic mass is 16.5. The monoisotopic (exact) mass is 381 g/mol. The van der Waals surface area contributed by atoms with Gasteiger partial charge in [0.15, 0.2) is 0 Å². The van der Waals surface area contributed by atoms with Crippen LogP contribution in [0.3, 0.4) is 0 Å². The Labute approximate surface area is 167 Å². The molecule has 0 saturated heterocycles. The summed E-state index contributed by atoms with van der Waals surface area (Å²) in [6, 6.07) is 14.3. The van der Waals surface area contributed by atoms with E-state index in [0.717, 1.165) is 72.3 Å². The van der Waals surface area contributed by atoms with Crippen molar-refractivity contribution in [3.05, 3.63) is 42.5 Å². The largest absolute Gasteiger partial charge is 0.497 e. The molecule has 0 fully saturated rings. The van der Waals surface area contributed by atoms with Gasteiger partial charge >= 0.3 is 0 Å². The molecule has 150 valence electrons. The highest BCUT2D eigenvalue weighted by Crippen LogP contribution is 2.33. The van der Waals surface area contributed by atoms with Gasteiger partial charge in [-0.1, -0.05) is 31.5 Å². The quantitative estimate of drug-likeness (QED) is 0.383. The number of ether oxygens (including phenoxy) is 1. The Kier molecular flexibility index (Phi) is 7.46. The lowest BCUT2D eigenvalue weighted by Gasteiger charge is -2.19. The van der Waals surface area contributed by atoms with Crippen molar-refractivity contribution in [2.75, 3.05) is 45.2 Å². The molecule has 0 amide bonds. The Bertz CT molecular complexity index is 898. The number of anilines is 1. The van der Waals surface area contributed by atoms with E-state index in [4.69, 9.17) is 14.8 Å². The van der Waals surface area contributed by atoms with Crippen LogP contribution in [0.15, 0.2) is 42.5 Å². The minimum absolute atomic E-state index is 0.237. The van der Waals surface area contributed by atoms with Gasteiger partial charge in [0.2, 0.25) is 0 Å². The summed E-state index contributed by atoms with van der Waals surface area (Å²) >= 11 is 0. The summed E-state index contributed by atoms with van der Waals surface area (Å²) in [6.45, 7) is 6.12. The zero-order valence-electron chi connectivity index (χ0n) is 16.9. The molecule has 0 radical (unpaired) electrons. The van der Waals surface area contributed by atoms with Gasteiger partial charge in [-0.05, 0) is 50.2 Å². The first kappa shape index (κ1) is 20.4. The van der Waals surface area contributed by atoms with Gasteiger partial charge in [-0.15, -0.1) is 0 Å². The third kappa shape index (κ3) is 4.91. The van der Waals surface area contributed by atoms with Gasteiger partial charge in [-0.2, -0.15) is 0 Å². The highest BCUT2D eigenvalue weighted by molar-refractivity contribution is 6.07. The molecule has 0 spiro atoms. The number of rotatable bonds is 11. The maximum absolute atomic E-state index is 9.08. The molecule has 0 saturated carbocycles. The van der Waals surface area contributed by atoms with Crippen molar-refractivity contribution in [2.24, 2.45) is 0 Å². The van der Waals surface area contributed by atoms with Crippen LogP contribution in [0.2, 0.25) is 0 Å². The molecule has 0 aliphatic rings. The van der Waals surface area contributed by atoms with Gasteiger partial charge in [-0.3, -0.25) is 0 Å². The van der Waals surface area contributed by atoms with Crippen LogP contribution in [-0.2, 0) is 0 Å². The average Bonchev–Trinajstić information content (AvgIpc) is 2.74. The third-order valence-corrected chi connectivity index (χ3v) is 5.20. The molecule has 28 heavy (non-hydrogen) atoms. The summed E-state index contributed by atoms with van der Waals surface area (Å²) in [4.78, 5) is 7.09. The van der Waals surface area contributed by atoms with Crippen molar-refractivity contribution in [2.45, 2.75) is 26.2 Å². The lowest BCUT2D eigenvalue weighted by atomic mass is 10.1. The second-order valence-electron chi connectivity index (χ2n) is 7.03. The summed E-state index contributed by atoms with van der Waals surface area (Å²) in [7, 11) is 1.69. The van der Waals surface area contributed by atoms with E-state index in [1.807, 2.05) is 18.2 Å². The van der Waals surface area contributed by atoms with E-state index in [1.165, 1.54) is 6.42 Å². The van der Waals surface area contributed by atoms with Crippen molar-refractivity contribution in [1.29, 1.82) is 0 Å². The number of nitrogens with one attached hydrogen (secondary N) is 1. The van der Waals surface area contributed by atoms with Gasteiger partial charge in [0.25, 0.3) is 0 Å². The SMILES string of the molecule is CCN(CCO)CCCCCNc1c2ccccc2nc2ccc(OC)cc12. The molecule has 1 heterocycles. The van der Waals surface area contributed by atoms with Gasteiger partial charge in [0, 0.05) is 23.9 Å². The number of nitrogens with zero attached hydrogens (tertiary/aromatic N) is 2. The van der Waals surface area contributed by atoms with Crippen LogP contribution in [0.4, 0.5) is 5.69 Å². The molecule has 1 aromatic heterocycles. The Morgan fingerprint density at radius 3 is 2.61 bits per heavy atom. The molecule has 0 bridgehead atoms. The zero-order chi connectivity index (χ0) is 19.8. The minimum Gasteiger partial charge on any atom is -0.497 e. The molecule has 0 aliphatic carbocycles. The Hall–Kier alpha value is -2.37. The van der Waals surface area contributed by atoms with E-state index in [2.05, 4.69) is 41.4 Å². The number of benzene rings is 2. The predicted molar refractivity (Wildman–Crippen MR) is 117 cm³/mol. The Balaban J connectivity index is 1.69. The Morgan fingerprint density at radius 2 is 1.82 bits per heavy atom. The fourth-order valence-electron chi connectivity index (χ4n) is 3.61. The van der Waals surface area contributed by atoms with E-state index >= 15 is 0 Å². The van der Waals surface area contributed by atoms with Gasteiger partial charge < -0.3 is 20.1 Å². The van der Waals surface area contributed by atoms with E-state index in [0.29, 0.717) is 0 Å². The molecular weight excluding hydrogens is 350 g/mol. The first-order chi connectivity index (χ1) is 13.8. The van der Waals surface area contributed by atoms with Crippen molar-refractivity contribution in [3.63, 3.8) is 0 Å². The molecule has 0 aliphatic heterocycles. The van der Waals surface area contributed by atoms with E-state index in [9.17, 15) is 0 Å². The van der Waals surface area contributed by atoms with Gasteiger partial charge in [-0.25, -0.2) is 4.98 Å². The topological polar surface area (TPSA) is 57.6 Å². The number of unbranched alkanes of at least 4 members (excludes halogenated alkanes) is 2. The van der Waals surface area contributed by atoms with Crippen LogP contribution in [0.1, 0.15) is 26.2 Å². The molecule has 0 unspecified atom stereocenters. The predicted octanol–water partition coefficient (Wildman–Crippen LogP) is 4.29. The Morgan fingerprint density at radius 1 is 1.00 bits per heavy atom. The van der Waals surface area contributed by atoms with Crippen molar-refractivity contribution < 1.29 is 9.84 Å². The summed E-state index contributed by atoms with van der Waals surface area (Å²) in [6.07, 6.45) is 3.43. The molecule has 0 atom stereocenters. The first-order valence-corrected chi connectivity index (χ1v) is 10.2. The van der Waals surface area contributed by atoms with Crippen LogP contribution in [0.25, 0.3) is 21.8 Å². The normalized spacial score (nSPS) is 11.4. The van der Waals surface area contributed by atoms with Crippen LogP contribution >= 0.6 is 0 Å². The number of para-hydroxylation sites is 1. The number of aliphatic hydroxyl groups excluding tert-OH is 1. The molecule has 3 aromatic rings. The second-order valence-corrected chi connectivity index (χ2v) is 7.03. The number of methoxy groups -OCH3 is 1. The van der Waals surface area contributed by atoms with Crippen molar-refractivity contribution in [3.8, 4) is 5.75 Å². The smallest absolute Gasteiger partial charge is 0.119 e. The molecule has 2 N–H and O–H groups in total. The number of hydrogen-bond acceptors (Lipinski definition) is 5. The average molecular weight is 382 g/mol. The number of hydrogen-bond donors (Lipinski definition) is 2. The number of pyridine rings is 1. The summed E-state index contributed by atoms with van der Waals surface area (Å²) in [5.41, 5.74) is 3.12. The number of aromatic nitrogens is 1. The lowest BCUT2D eigenvalue weighted by molar-refractivity contribution is 0.199. The maximum atomic E-state index is 9.08. The van der Waals surface area contributed by atoms with E-state index < -0.39 is 0 Å². The van der Waals surface area contributed by atoms with Crippen LogP contribution < -0.4 is 10.1 Å². The standard InChI is InChI=1S/C23H31N3O2/c1-3-26(15-16-27)14-8-4-7-13-24-23-19-9-5-6-10-21(19)25-22-12-11-18(28-2)17-20(22)23/h5-6,9-12,17,27H,3-4,7-8,13-16H2,1-2H3,(H,24,25). The van der Waals surface area contributed by atoms with E-state index in [1.54, 1.807) is 7.11 Å². The lowest BCUT2D eigenvalue weighted by Crippen LogP contribution is -2.27. The summed E-state index contributed by atoms with van der Waals surface area (Å²) < 4.78 is 5.42. The van der Waals surface area contributed by atoms with Crippen LogP contribution in [-0.4, -0.2) is 54.9 Å². The number of likely N-dealkylation sites (N-methyl/N-ethyl adjacent to an activating group) is 1. The van der Waals surface area contributed by atoms with Crippen molar-refractivity contribution in [1.82, 2.24) is 9.88 Å². The second kappa shape index (κ2) is 10.2. The van der Waals surface area contributed by atoms with Gasteiger partial charge in [0.05, 0.1) is 30.4 Å². The first-order valence-electron chi connectivity index (χ1n) is 10.2. The zero-order valence-corrected chi connectivity index (χ0v) is 16.9. The molecule has 2 aromatic carbocycles. The van der Waals surface area contributed by atoms with Crippen LogP contribution in [0.5, 0.6) is 5.75 Å². The maximum Gasteiger partial charge on any atom is 0.119 e. The van der Waals surface area contributed by atoms with Crippen LogP contribution in [0, 0.1) is 0 Å². The summed E-state index contributed by atoms with van der Waals surface area (Å²) in [5.74, 6) is 0.844. The fraction of sp³-hybridized carbons (Fsp3) is 0.435. The van der Waals surface area contributed by atoms with Crippen molar-refractivity contribution >= 4 is 27.5 Å². The minimum atomic E-state index is 0.237. The third-order valence-electron chi connectivity index (χ3n) is 5.20. The molecule has 5 nitrogen and oxygen atoms in total. The highest BCUT2D eigenvalue weighted by Gasteiger charge is 2.10.